The van der Waals surface area contributed by atoms with Crippen LogP contribution in [0.15, 0.2) is 18.2 Å². The van der Waals surface area contributed by atoms with Crippen LogP contribution in [0.25, 0.3) is 0 Å². The summed E-state index contributed by atoms with van der Waals surface area (Å²) in [6, 6.07) is 6.67. The summed E-state index contributed by atoms with van der Waals surface area (Å²) >= 11 is 3.67. The van der Waals surface area contributed by atoms with Gasteiger partial charge in [0.05, 0.1) is 0 Å². The van der Waals surface area contributed by atoms with Crippen molar-refractivity contribution in [3.8, 4) is 0 Å². The molecule has 1 heteroatoms. The van der Waals surface area contributed by atoms with Crippen LogP contribution in [0.4, 0.5) is 0 Å². The number of alkyl halides is 1. The van der Waals surface area contributed by atoms with E-state index in [2.05, 4.69) is 54.9 Å². The number of halogens is 1. The Kier molecular flexibility index (Phi) is 3.98. The molecule has 0 fully saturated rings. The molecule has 0 saturated heterocycles. The second-order valence-electron chi connectivity index (χ2n) is 3.64. The number of hydrogen-bond donors (Lipinski definition) is 0. The van der Waals surface area contributed by atoms with Crippen LogP contribution < -0.4 is 0 Å². The van der Waals surface area contributed by atoms with Crippen molar-refractivity contribution in [2.24, 2.45) is 0 Å². The van der Waals surface area contributed by atoms with Gasteiger partial charge in [-0.25, -0.2) is 0 Å². The van der Waals surface area contributed by atoms with Crippen LogP contribution >= 0.6 is 15.9 Å². The van der Waals surface area contributed by atoms with Gasteiger partial charge in [0, 0.05) is 4.83 Å². The fraction of sp³-hybridized carbons (Fsp3) is 0.500. The first-order valence-electron chi connectivity index (χ1n) is 4.83. The van der Waals surface area contributed by atoms with E-state index < -0.39 is 0 Å². The maximum atomic E-state index is 3.67. The molecule has 1 atom stereocenters. The maximum Gasteiger partial charge on any atom is 0.0183 e. The minimum atomic E-state index is 0.619. The van der Waals surface area contributed by atoms with E-state index in [1.807, 2.05) is 0 Å². The molecular formula is C12H17Br. The smallest absolute Gasteiger partial charge is 0.0183 e. The van der Waals surface area contributed by atoms with Crippen molar-refractivity contribution in [2.45, 2.75) is 38.4 Å². The van der Waals surface area contributed by atoms with Crippen molar-refractivity contribution in [3.05, 3.63) is 34.9 Å². The van der Waals surface area contributed by atoms with Crippen LogP contribution in [0.5, 0.6) is 0 Å². The van der Waals surface area contributed by atoms with Crippen LogP contribution in [-0.2, 0) is 6.42 Å². The van der Waals surface area contributed by atoms with Gasteiger partial charge in [0.15, 0.2) is 0 Å². The highest BCUT2D eigenvalue weighted by Gasteiger charge is 2.05. The van der Waals surface area contributed by atoms with Crippen molar-refractivity contribution < 1.29 is 0 Å². The second-order valence-corrected chi connectivity index (χ2v) is 4.93. The van der Waals surface area contributed by atoms with Crippen molar-refractivity contribution in [3.63, 3.8) is 0 Å². The van der Waals surface area contributed by atoms with Crippen LogP contribution in [0.2, 0.25) is 0 Å². The number of hydrogen-bond acceptors (Lipinski definition) is 0. The summed E-state index contributed by atoms with van der Waals surface area (Å²) in [7, 11) is 0. The summed E-state index contributed by atoms with van der Waals surface area (Å²) in [5.41, 5.74) is 4.24. The molecule has 0 heterocycles. The van der Waals surface area contributed by atoms with Gasteiger partial charge in [-0.2, -0.15) is 0 Å². The van der Waals surface area contributed by atoms with Crippen LogP contribution in [0.1, 0.15) is 30.0 Å². The average Bonchev–Trinajstić information content (AvgIpc) is 2.11. The molecule has 0 bridgehead atoms. The van der Waals surface area contributed by atoms with Gasteiger partial charge < -0.3 is 0 Å². The predicted molar refractivity (Wildman–Crippen MR) is 62.6 cm³/mol. The molecule has 0 N–H and O–H groups in total. The van der Waals surface area contributed by atoms with E-state index in [1.54, 1.807) is 0 Å². The standard InChI is InChI=1S/C12H17Br/c1-4-12(13)8-11-7-9(2)5-6-10(11)3/h5-7,12H,4,8H2,1-3H3. The first kappa shape index (κ1) is 10.8. The molecule has 1 unspecified atom stereocenters. The molecule has 0 saturated carbocycles. The Hall–Kier alpha value is -0.300. The minimum absolute atomic E-state index is 0.619. The van der Waals surface area contributed by atoms with Gasteiger partial charge in [0.1, 0.15) is 0 Å². The monoisotopic (exact) mass is 240 g/mol. The summed E-state index contributed by atoms with van der Waals surface area (Å²) in [5.74, 6) is 0. The normalized spacial score (nSPS) is 12.9. The molecule has 0 nitrogen and oxygen atoms in total. The van der Waals surface area contributed by atoms with Gasteiger partial charge >= 0.3 is 0 Å². The molecule has 1 aromatic rings. The molecule has 0 amide bonds. The van der Waals surface area contributed by atoms with Crippen molar-refractivity contribution in [1.82, 2.24) is 0 Å². The predicted octanol–water partition coefficient (Wildman–Crippen LogP) is 4.02. The SMILES string of the molecule is CCC(Br)Cc1cc(C)ccc1C. The van der Waals surface area contributed by atoms with E-state index in [9.17, 15) is 0 Å². The zero-order chi connectivity index (χ0) is 9.84. The summed E-state index contributed by atoms with van der Waals surface area (Å²) in [4.78, 5) is 0.619. The van der Waals surface area contributed by atoms with E-state index >= 15 is 0 Å². The lowest BCUT2D eigenvalue weighted by Gasteiger charge is -2.10. The fourth-order valence-electron chi connectivity index (χ4n) is 1.40. The van der Waals surface area contributed by atoms with E-state index in [0.717, 1.165) is 6.42 Å². The summed E-state index contributed by atoms with van der Waals surface area (Å²) < 4.78 is 0. The highest BCUT2D eigenvalue weighted by molar-refractivity contribution is 9.09. The lowest BCUT2D eigenvalue weighted by Crippen LogP contribution is -2.02. The van der Waals surface area contributed by atoms with E-state index in [1.165, 1.54) is 23.1 Å². The van der Waals surface area contributed by atoms with Gasteiger partial charge in [0.2, 0.25) is 0 Å². The van der Waals surface area contributed by atoms with Crippen molar-refractivity contribution in [2.75, 3.05) is 0 Å². The molecule has 0 radical (unpaired) electrons. The molecule has 13 heavy (non-hydrogen) atoms. The highest BCUT2D eigenvalue weighted by Crippen LogP contribution is 2.17. The van der Waals surface area contributed by atoms with Gasteiger partial charge in [-0.1, -0.05) is 46.6 Å². The average molecular weight is 241 g/mol. The largest absolute Gasteiger partial charge is 0.0887 e. The highest BCUT2D eigenvalue weighted by atomic mass is 79.9. The lowest BCUT2D eigenvalue weighted by atomic mass is 10.0. The molecule has 0 aliphatic rings. The Morgan fingerprint density at radius 2 is 2.00 bits per heavy atom. The van der Waals surface area contributed by atoms with E-state index in [4.69, 9.17) is 0 Å². The molecule has 72 valence electrons. The first-order chi connectivity index (χ1) is 6.13. The number of benzene rings is 1. The summed E-state index contributed by atoms with van der Waals surface area (Å²) in [6.07, 6.45) is 2.33. The van der Waals surface area contributed by atoms with Gasteiger partial charge in [-0.05, 0) is 37.8 Å². The Morgan fingerprint density at radius 1 is 1.31 bits per heavy atom. The number of aryl methyl sites for hydroxylation is 2. The lowest BCUT2D eigenvalue weighted by molar-refractivity contribution is 0.824. The molecule has 0 aliphatic heterocycles. The zero-order valence-corrected chi connectivity index (χ0v) is 10.2. The summed E-state index contributed by atoms with van der Waals surface area (Å²) in [6.45, 7) is 6.55. The molecule has 1 rings (SSSR count). The Labute approximate surface area is 89.5 Å². The second kappa shape index (κ2) is 4.80. The Bertz CT molecular complexity index is 278. The first-order valence-corrected chi connectivity index (χ1v) is 5.75. The Balaban J connectivity index is 2.81. The van der Waals surface area contributed by atoms with Crippen LogP contribution in [-0.4, -0.2) is 4.83 Å². The number of rotatable bonds is 3. The van der Waals surface area contributed by atoms with Gasteiger partial charge in [0.25, 0.3) is 0 Å². The summed E-state index contributed by atoms with van der Waals surface area (Å²) in [5, 5.41) is 0. The Morgan fingerprint density at radius 3 is 2.62 bits per heavy atom. The maximum absolute atomic E-state index is 3.67. The minimum Gasteiger partial charge on any atom is -0.0887 e. The van der Waals surface area contributed by atoms with Crippen molar-refractivity contribution in [1.29, 1.82) is 0 Å². The molecule has 1 aromatic carbocycles. The van der Waals surface area contributed by atoms with E-state index in [0.29, 0.717) is 4.83 Å². The zero-order valence-electron chi connectivity index (χ0n) is 8.60. The molecule has 0 aliphatic carbocycles. The third kappa shape index (κ3) is 3.15. The molecule has 0 aromatic heterocycles. The van der Waals surface area contributed by atoms with Crippen LogP contribution in [0.3, 0.4) is 0 Å². The van der Waals surface area contributed by atoms with Crippen molar-refractivity contribution >= 4 is 15.9 Å². The quantitative estimate of drug-likeness (QED) is 0.701. The van der Waals surface area contributed by atoms with Gasteiger partial charge in [-0.3, -0.25) is 0 Å². The topological polar surface area (TPSA) is 0 Å². The van der Waals surface area contributed by atoms with Crippen LogP contribution in [0, 0.1) is 13.8 Å². The third-order valence-electron chi connectivity index (χ3n) is 2.39. The van der Waals surface area contributed by atoms with E-state index in [-0.39, 0.29) is 0 Å². The molecule has 0 spiro atoms. The fourth-order valence-corrected chi connectivity index (χ4v) is 1.75. The third-order valence-corrected chi connectivity index (χ3v) is 3.36. The molecular weight excluding hydrogens is 224 g/mol. The van der Waals surface area contributed by atoms with Gasteiger partial charge in [-0.15, -0.1) is 0 Å².